The molecule has 0 fully saturated rings. The number of fused-ring (bicyclic) bond motifs is 1. The van der Waals surface area contributed by atoms with Gasteiger partial charge in [-0.15, -0.1) is 11.3 Å². The fraction of sp³-hybridized carbons (Fsp3) is 0.176. The summed E-state index contributed by atoms with van der Waals surface area (Å²) >= 11 is 0.925. The number of benzene rings is 1. The number of hydrogen-bond acceptors (Lipinski definition) is 4. The average molecular weight is 419 g/mol. The van der Waals surface area contributed by atoms with Crippen LogP contribution in [0.15, 0.2) is 36.5 Å². The zero-order valence-electron chi connectivity index (χ0n) is 14.0. The molecule has 0 aliphatic rings. The third kappa shape index (κ3) is 4.03. The van der Waals surface area contributed by atoms with Gasteiger partial charge in [-0.3, -0.25) is 4.79 Å². The first-order valence-corrected chi connectivity index (χ1v) is 8.48. The first kappa shape index (κ1) is 19.9. The number of hydrogen-bond donors (Lipinski definition) is 2. The predicted octanol–water partition coefficient (Wildman–Crippen LogP) is 5.63. The minimum atomic E-state index is -4.65. The minimum absolute atomic E-state index is 0.0156. The van der Waals surface area contributed by atoms with E-state index in [0.29, 0.717) is 10.9 Å². The smallest absolute Gasteiger partial charge is 0.371 e. The number of aromatic nitrogens is 1. The van der Waals surface area contributed by atoms with Gasteiger partial charge in [0.1, 0.15) is 5.82 Å². The second kappa shape index (κ2) is 6.97. The van der Waals surface area contributed by atoms with Crippen LogP contribution in [-0.4, -0.2) is 17.9 Å². The second-order valence-corrected chi connectivity index (χ2v) is 6.77. The van der Waals surface area contributed by atoms with Gasteiger partial charge in [-0.05, 0) is 35.7 Å². The number of carbonyl (C=O) groups excluding carboxylic acids is 1. The molecule has 2 aromatic heterocycles. The average Bonchev–Trinajstić information content (AvgIpc) is 3.03. The van der Waals surface area contributed by atoms with E-state index in [-0.39, 0.29) is 21.8 Å². The van der Waals surface area contributed by atoms with Gasteiger partial charge in [-0.25, -0.2) is 4.98 Å². The van der Waals surface area contributed by atoms with Gasteiger partial charge < -0.3 is 10.6 Å². The molecule has 0 aliphatic carbocycles. The van der Waals surface area contributed by atoms with Crippen LogP contribution in [-0.2, 0) is 12.4 Å². The summed E-state index contributed by atoms with van der Waals surface area (Å²) in [5.41, 5.74) is -2.10. The summed E-state index contributed by atoms with van der Waals surface area (Å²) in [4.78, 5) is 16.1. The Labute approximate surface area is 158 Å². The highest BCUT2D eigenvalue weighted by molar-refractivity contribution is 7.20. The molecule has 0 aliphatic heterocycles. The standard InChI is InChI=1S/C17H11F6N3OS/c1-24-14-11(6-10(7-25-14)17(21,22)23)26-15(27)13-5-8-4-9(16(18,19)20)2-3-12(8)28-13/h2-7H,1H3,(H,24,25)(H,26,27). The lowest BCUT2D eigenvalue weighted by Crippen LogP contribution is -2.14. The Morgan fingerprint density at radius 2 is 1.68 bits per heavy atom. The van der Waals surface area contributed by atoms with Gasteiger partial charge in [0.05, 0.1) is 21.7 Å². The number of rotatable bonds is 3. The van der Waals surface area contributed by atoms with Gasteiger partial charge in [0.15, 0.2) is 0 Å². The fourth-order valence-electron chi connectivity index (χ4n) is 2.43. The molecule has 3 rings (SSSR count). The number of carbonyl (C=O) groups is 1. The first-order valence-electron chi connectivity index (χ1n) is 7.66. The monoisotopic (exact) mass is 419 g/mol. The molecule has 0 saturated carbocycles. The van der Waals surface area contributed by atoms with Crippen LogP contribution in [0.5, 0.6) is 0 Å². The summed E-state index contributed by atoms with van der Waals surface area (Å²) in [7, 11) is 1.42. The van der Waals surface area contributed by atoms with Crippen molar-refractivity contribution < 1.29 is 31.1 Å². The molecule has 3 aromatic rings. The molecule has 0 radical (unpaired) electrons. The molecular formula is C17H11F6N3OS. The Morgan fingerprint density at radius 1 is 1.00 bits per heavy atom. The van der Waals surface area contributed by atoms with E-state index in [1.54, 1.807) is 0 Å². The van der Waals surface area contributed by atoms with E-state index in [4.69, 9.17) is 0 Å². The van der Waals surface area contributed by atoms with Crippen molar-refractivity contribution >= 4 is 38.8 Å². The van der Waals surface area contributed by atoms with E-state index >= 15 is 0 Å². The molecule has 4 nitrogen and oxygen atoms in total. The molecule has 0 saturated heterocycles. The zero-order valence-corrected chi connectivity index (χ0v) is 14.8. The topological polar surface area (TPSA) is 54.0 Å². The molecule has 1 amide bonds. The molecule has 2 heterocycles. The quantitative estimate of drug-likeness (QED) is 0.541. The van der Waals surface area contributed by atoms with Crippen LogP contribution in [0.25, 0.3) is 10.1 Å². The second-order valence-electron chi connectivity index (χ2n) is 5.68. The largest absolute Gasteiger partial charge is 0.417 e. The van der Waals surface area contributed by atoms with Crippen molar-refractivity contribution in [2.24, 2.45) is 0 Å². The lowest BCUT2D eigenvalue weighted by atomic mass is 10.1. The van der Waals surface area contributed by atoms with Crippen molar-refractivity contribution in [3.8, 4) is 0 Å². The summed E-state index contributed by atoms with van der Waals surface area (Å²) < 4.78 is 77.5. The van der Waals surface area contributed by atoms with Crippen molar-refractivity contribution in [1.82, 2.24) is 4.98 Å². The van der Waals surface area contributed by atoms with Crippen molar-refractivity contribution in [1.29, 1.82) is 0 Å². The lowest BCUT2D eigenvalue weighted by Gasteiger charge is -2.12. The normalized spacial score (nSPS) is 12.2. The van der Waals surface area contributed by atoms with Crippen LogP contribution in [0.1, 0.15) is 20.8 Å². The van der Waals surface area contributed by atoms with Gasteiger partial charge in [0, 0.05) is 17.9 Å². The summed E-state index contributed by atoms with van der Waals surface area (Å²) in [6.45, 7) is 0. The van der Waals surface area contributed by atoms with Gasteiger partial charge in [0.25, 0.3) is 5.91 Å². The molecule has 0 bridgehead atoms. The summed E-state index contributed by atoms with van der Waals surface area (Å²) in [5, 5.41) is 5.10. The highest BCUT2D eigenvalue weighted by Gasteiger charge is 2.32. The van der Waals surface area contributed by atoms with Gasteiger partial charge in [-0.2, -0.15) is 26.3 Å². The molecule has 1 aromatic carbocycles. The number of pyridine rings is 1. The molecule has 11 heteroatoms. The fourth-order valence-corrected chi connectivity index (χ4v) is 3.37. The van der Waals surface area contributed by atoms with E-state index in [1.807, 2.05) is 0 Å². The molecule has 148 valence electrons. The SMILES string of the molecule is CNc1ncc(C(F)(F)F)cc1NC(=O)c1cc2cc(C(F)(F)F)ccc2s1. The van der Waals surface area contributed by atoms with Crippen molar-refractivity contribution in [2.75, 3.05) is 17.7 Å². The van der Waals surface area contributed by atoms with Crippen LogP contribution in [0, 0.1) is 0 Å². The first-order chi connectivity index (χ1) is 13.0. The number of nitrogens with one attached hydrogen (secondary N) is 2. The Bertz CT molecular complexity index is 1040. The van der Waals surface area contributed by atoms with Gasteiger partial charge in [-0.1, -0.05) is 0 Å². The Hall–Kier alpha value is -2.82. The van der Waals surface area contributed by atoms with Crippen LogP contribution < -0.4 is 10.6 Å². The van der Waals surface area contributed by atoms with Crippen molar-refractivity contribution in [2.45, 2.75) is 12.4 Å². The third-order valence-electron chi connectivity index (χ3n) is 3.77. The zero-order chi connectivity index (χ0) is 20.7. The number of thiophene rings is 1. The number of anilines is 2. The molecule has 28 heavy (non-hydrogen) atoms. The lowest BCUT2D eigenvalue weighted by molar-refractivity contribution is -0.138. The Morgan fingerprint density at radius 3 is 2.29 bits per heavy atom. The van der Waals surface area contributed by atoms with E-state index in [2.05, 4.69) is 15.6 Å². The molecule has 0 spiro atoms. The van der Waals surface area contributed by atoms with Crippen molar-refractivity contribution in [3.63, 3.8) is 0 Å². The van der Waals surface area contributed by atoms with E-state index < -0.39 is 29.4 Å². The van der Waals surface area contributed by atoms with Crippen molar-refractivity contribution in [3.05, 3.63) is 52.5 Å². The van der Waals surface area contributed by atoms with E-state index in [0.717, 1.165) is 29.5 Å². The van der Waals surface area contributed by atoms with Gasteiger partial charge >= 0.3 is 12.4 Å². The Balaban J connectivity index is 1.93. The highest BCUT2D eigenvalue weighted by Crippen LogP contribution is 2.35. The van der Waals surface area contributed by atoms with Gasteiger partial charge in [0.2, 0.25) is 0 Å². The van der Waals surface area contributed by atoms with Crippen LogP contribution >= 0.6 is 11.3 Å². The van der Waals surface area contributed by atoms with E-state index in [9.17, 15) is 31.1 Å². The summed E-state index contributed by atoms with van der Waals surface area (Å²) in [5.74, 6) is -0.741. The molecular weight excluding hydrogens is 408 g/mol. The number of halogens is 6. The molecule has 0 unspecified atom stereocenters. The summed E-state index contributed by atoms with van der Waals surface area (Å²) in [6.07, 6.45) is -8.55. The summed E-state index contributed by atoms with van der Waals surface area (Å²) in [6, 6.07) is 5.03. The number of nitrogens with zero attached hydrogens (tertiary/aromatic N) is 1. The third-order valence-corrected chi connectivity index (χ3v) is 4.88. The van der Waals surface area contributed by atoms with E-state index in [1.165, 1.54) is 19.2 Å². The van der Waals surface area contributed by atoms with Crippen LogP contribution in [0.3, 0.4) is 0 Å². The minimum Gasteiger partial charge on any atom is -0.371 e. The maximum absolute atomic E-state index is 12.9. The number of alkyl halides is 6. The molecule has 0 atom stereocenters. The Kier molecular flexibility index (Phi) is 4.96. The maximum Gasteiger partial charge on any atom is 0.417 e. The maximum atomic E-state index is 12.9. The molecule has 2 N–H and O–H groups in total. The predicted molar refractivity (Wildman–Crippen MR) is 93.6 cm³/mol. The van der Waals surface area contributed by atoms with Crippen LogP contribution in [0.2, 0.25) is 0 Å². The van der Waals surface area contributed by atoms with Crippen LogP contribution in [0.4, 0.5) is 37.8 Å². The number of amides is 1. The highest BCUT2D eigenvalue weighted by atomic mass is 32.1.